The third kappa shape index (κ3) is 4.80. The van der Waals surface area contributed by atoms with E-state index in [0.29, 0.717) is 17.7 Å². The van der Waals surface area contributed by atoms with Crippen LogP contribution in [0.4, 0.5) is 5.95 Å². The van der Waals surface area contributed by atoms with Crippen molar-refractivity contribution in [2.45, 2.75) is 70.8 Å². The smallest absolute Gasteiger partial charge is 0.272 e. The van der Waals surface area contributed by atoms with Crippen LogP contribution in [0.15, 0.2) is 23.9 Å². The largest absolute Gasteiger partial charge is 0.354 e. The lowest BCUT2D eigenvalue weighted by molar-refractivity contribution is 0.0602. The number of hydrogen-bond donors (Lipinski definition) is 1. The first-order chi connectivity index (χ1) is 12.3. The molecule has 1 aliphatic heterocycles. The number of carbonyl (C=O) groups is 1. The van der Waals surface area contributed by atoms with E-state index in [-0.39, 0.29) is 5.91 Å². The summed E-state index contributed by atoms with van der Waals surface area (Å²) in [6.07, 6.45) is 14.6. The molecule has 136 valence electrons. The fourth-order valence-electron chi connectivity index (χ4n) is 3.87. The van der Waals surface area contributed by atoms with Gasteiger partial charge in [-0.1, -0.05) is 18.6 Å². The van der Waals surface area contributed by atoms with Crippen molar-refractivity contribution < 1.29 is 4.79 Å². The highest BCUT2D eigenvalue weighted by Crippen LogP contribution is 2.22. The molecule has 0 saturated carbocycles. The van der Waals surface area contributed by atoms with Crippen molar-refractivity contribution in [3.05, 3.63) is 29.6 Å². The van der Waals surface area contributed by atoms with E-state index in [0.717, 1.165) is 38.8 Å². The lowest BCUT2D eigenvalue weighted by Crippen LogP contribution is -2.43. The minimum atomic E-state index is 0.0481. The Hall–Kier alpha value is -1.91. The Morgan fingerprint density at radius 3 is 3.04 bits per heavy atom. The van der Waals surface area contributed by atoms with E-state index in [9.17, 15) is 4.79 Å². The Kier molecular flexibility index (Phi) is 6.42. The third-order valence-corrected chi connectivity index (χ3v) is 5.35. The number of aromatic nitrogens is 2. The van der Waals surface area contributed by atoms with Gasteiger partial charge in [0, 0.05) is 25.3 Å². The van der Waals surface area contributed by atoms with Gasteiger partial charge >= 0.3 is 0 Å². The highest BCUT2D eigenvalue weighted by atomic mass is 16.2. The van der Waals surface area contributed by atoms with Crippen LogP contribution in [0.3, 0.4) is 0 Å². The van der Waals surface area contributed by atoms with Crippen LogP contribution in [0.5, 0.6) is 0 Å². The average Bonchev–Trinajstić information content (AvgIpc) is 2.68. The summed E-state index contributed by atoms with van der Waals surface area (Å²) in [4.78, 5) is 23.6. The molecular weight excluding hydrogens is 312 g/mol. The summed E-state index contributed by atoms with van der Waals surface area (Å²) in [5.41, 5.74) is 2.04. The summed E-state index contributed by atoms with van der Waals surface area (Å²) in [5.74, 6) is 0.610. The molecule has 1 fully saturated rings. The number of piperidine rings is 1. The van der Waals surface area contributed by atoms with Crippen molar-refractivity contribution in [2.24, 2.45) is 0 Å². The van der Waals surface area contributed by atoms with Crippen LogP contribution in [-0.4, -0.2) is 39.9 Å². The number of hydrogen-bond acceptors (Lipinski definition) is 4. The summed E-state index contributed by atoms with van der Waals surface area (Å²) in [5, 5.41) is 3.28. The van der Waals surface area contributed by atoms with E-state index >= 15 is 0 Å². The van der Waals surface area contributed by atoms with Gasteiger partial charge in [0.15, 0.2) is 0 Å². The summed E-state index contributed by atoms with van der Waals surface area (Å²) >= 11 is 0. The van der Waals surface area contributed by atoms with Gasteiger partial charge in [0.2, 0.25) is 5.95 Å². The van der Waals surface area contributed by atoms with Gasteiger partial charge in [0.1, 0.15) is 5.69 Å². The Labute approximate surface area is 150 Å². The maximum absolute atomic E-state index is 12.8. The van der Waals surface area contributed by atoms with Crippen LogP contribution in [0, 0.1) is 0 Å². The monoisotopic (exact) mass is 342 g/mol. The number of allylic oxidation sites excluding steroid dienone is 1. The predicted octanol–water partition coefficient (Wildman–Crippen LogP) is 4.18. The molecule has 0 aromatic carbocycles. The second-order valence-corrected chi connectivity index (χ2v) is 7.11. The molecule has 5 nitrogen and oxygen atoms in total. The van der Waals surface area contributed by atoms with Crippen LogP contribution in [0.1, 0.15) is 75.2 Å². The van der Waals surface area contributed by atoms with E-state index in [1.807, 2.05) is 4.90 Å². The van der Waals surface area contributed by atoms with Gasteiger partial charge in [-0.3, -0.25) is 4.79 Å². The van der Waals surface area contributed by atoms with Gasteiger partial charge in [0.25, 0.3) is 5.91 Å². The fraction of sp³-hybridized carbons (Fsp3) is 0.650. The standard InChI is InChI=1S/C20H30N4O/c1-2-17-10-6-7-15-24(17)19(25)18-12-14-22-20(23-18)21-13-11-16-8-4-3-5-9-16/h8,12,14,17H,2-7,9-11,13,15H2,1H3,(H,21,22,23). The zero-order valence-electron chi connectivity index (χ0n) is 15.3. The number of nitrogens with zero attached hydrogens (tertiary/aromatic N) is 3. The minimum absolute atomic E-state index is 0.0481. The molecule has 0 radical (unpaired) electrons. The Balaban J connectivity index is 1.58. The molecule has 25 heavy (non-hydrogen) atoms. The maximum Gasteiger partial charge on any atom is 0.272 e. The molecular formula is C20H30N4O. The summed E-state index contributed by atoms with van der Waals surface area (Å²) in [6.45, 7) is 3.83. The van der Waals surface area contributed by atoms with Crippen LogP contribution in [0.2, 0.25) is 0 Å². The lowest BCUT2D eigenvalue weighted by Gasteiger charge is -2.35. The molecule has 1 saturated heterocycles. The number of anilines is 1. The summed E-state index contributed by atoms with van der Waals surface area (Å²) in [6, 6.07) is 2.09. The lowest BCUT2D eigenvalue weighted by atomic mass is 9.97. The topological polar surface area (TPSA) is 58.1 Å². The Morgan fingerprint density at radius 1 is 1.32 bits per heavy atom. The van der Waals surface area contributed by atoms with Gasteiger partial charge in [-0.05, 0) is 63.9 Å². The molecule has 1 aromatic rings. The van der Waals surface area contributed by atoms with Gasteiger partial charge in [-0.25, -0.2) is 9.97 Å². The highest BCUT2D eigenvalue weighted by molar-refractivity contribution is 5.92. The molecule has 2 aliphatic rings. The van der Waals surface area contributed by atoms with Crippen molar-refractivity contribution >= 4 is 11.9 Å². The maximum atomic E-state index is 12.8. The van der Waals surface area contributed by atoms with Crippen molar-refractivity contribution in [2.75, 3.05) is 18.4 Å². The van der Waals surface area contributed by atoms with E-state index in [2.05, 4.69) is 28.3 Å². The van der Waals surface area contributed by atoms with Gasteiger partial charge in [-0.15, -0.1) is 0 Å². The molecule has 5 heteroatoms. The van der Waals surface area contributed by atoms with Crippen molar-refractivity contribution in [1.29, 1.82) is 0 Å². The zero-order valence-corrected chi connectivity index (χ0v) is 15.3. The van der Waals surface area contributed by atoms with E-state index in [1.165, 1.54) is 37.7 Å². The molecule has 0 bridgehead atoms. The van der Waals surface area contributed by atoms with Crippen LogP contribution in [0.25, 0.3) is 0 Å². The van der Waals surface area contributed by atoms with Crippen molar-refractivity contribution in [1.82, 2.24) is 14.9 Å². The molecule has 0 spiro atoms. The second kappa shape index (κ2) is 8.97. The van der Waals surface area contributed by atoms with Gasteiger partial charge < -0.3 is 10.2 Å². The number of carbonyl (C=O) groups excluding carboxylic acids is 1. The molecule has 1 aromatic heterocycles. The molecule has 1 aliphatic carbocycles. The number of likely N-dealkylation sites (tertiary alicyclic amines) is 1. The van der Waals surface area contributed by atoms with Crippen LogP contribution in [-0.2, 0) is 0 Å². The average molecular weight is 342 g/mol. The Morgan fingerprint density at radius 2 is 2.24 bits per heavy atom. The molecule has 1 N–H and O–H groups in total. The Bertz CT molecular complexity index is 613. The quantitative estimate of drug-likeness (QED) is 0.788. The van der Waals surface area contributed by atoms with Crippen LogP contribution >= 0.6 is 0 Å². The van der Waals surface area contributed by atoms with Crippen molar-refractivity contribution in [3.8, 4) is 0 Å². The normalized spacial score (nSPS) is 20.9. The predicted molar refractivity (Wildman–Crippen MR) is 101 cm³/mol. The molecule has 1 atom stereocenters. The summed E-state index contributed by atoms with van der Waals surface area (Å²) < 4.78 is 0. The minimum Gasteiger partial charge on any atom is -0.354 e. The zero-order chi connectivity index (χ0) is 17.5. The molecule has 3 rings (SSSR count). The summed E-state index contributed by atoms with van der Waals surface area (Å²) in [7, 11) is 0. The molecule has 1 amide bonds. The van der Waals surface area contributed by atoms with Crippen LogP contribution < -0.4 is 5.32 Å². The van der Waals surface area contributed by atoms with E-state index < -0.39 is 0 Å². The molecule has 2 heterocycles. The number of nitrogens with one attached hydrogen (secondary N) is 1. The third-order valence-electron chi connectivity index (χ3n) is 5.35. The fourth-order valence-corrected chi connectivity index (χ4v) is 3.87. The van der Waals surface area contributed by atoms with Gasteiger partial charge in [-0.2, -0.15) is 0 Å². The van der Waals surface area contributed by atoms with Crippen molar-refractivity contribution in [3.63, 3.8) is 0 Å². The molecule has 1 unspecified atom stereocenters. The first-order valence-electron chi connectivity index (χ1n) is 9.83. The van der Waals surface area contributed by atoms with Gasteiger partial charge in [0.05, 0.1) is 0 Å². The first-order valence-corrected chi connectivity index (χ1v) is 9.83. The number of amides is 1. The van der Waals surface area contributed by atoms with E-state index in [1.54, 1.807) is 12.3 Å². The number of rotatable bonds is 6. The van der Waals surface area contributed by atoms with E-state index in [4.69, 9.17) is 0 Å². The first kappa shape index (κ1) is 17.9. The SMILES string of the molecule is CCC1CCCCN1C(=O)c1ccnc(NCCC2=CCCCC2)n1. The second-order valence-electron chi connectivity index (χ2n) is 7.11. The highest BCUT2D eigenvalue weighted by Gasteiger charge is 2.27.